The van der Waals surface area contributed by atoms with E-state index in [1.165, 1.54) is 17.0 Å². The number of carbonyl (C=O) groups is 1. The molecule has 4 nitrogen and oxygen atoms in total. The van der Waals surface area contributed by atoms with Crippen LogP contribution in [-0.2, 0) is 11.4 Å². The molecule has 0 saturated heterocycles. The van der Waals surface area contributed by atoms with Crippen molar-refractivity contribution in [2.24, 2.45) is 0 Å². The van der Waals surface area contributed by atoms with Crippen LogP contribution in [0, 0.1) is 5.82 Å². The second-order valence-corrected chi connectivity index (χ2v) is 5.88. The highest BCUT2D eigenvalue weighted by Crippen LogP contribution is 2.22. The van der Waals surface area contributed by atoms with Crippen molar-refractivity contribution in [1.82, 2.24) is 10.2 Å². The Hall–Kier alpha value is -2.18. The van der Waals surface area contributed by atoms with Crippen LogP contribution in [0.5, 0.6) is 5.75 Å². The van der Waals surface area contributed by atoms with Crippen LogP contribution in [0.15, 0.2) is 48.5 Å². The van der Waals surface area contributed by atoms with Crippen LogP contribution in [0.1, 0.15) is 17.3 Å². The predicted octanol–water partition coefficient (Wildman–Crippen LogP) is 3.51. The number of hydrogen-bond acceptors (Lipinski definition) is 3. The molecule has 0 aliphatic carbocycles. The molecule has 2 aromatic carbocycles. The molecule has 1 unspecified atom stereocenters. The molecule has 2 aromatic rings. The molecule has 1 N–H and O–H groups in total. The molecule has 0 saturated carbocycles. The SMILES string of the molecule is CN(C)C(=O)CNCC(F)c1cccc(OCc2cccc(F)c2)c1.Cl. The zero-order valence-electron chi connectivity index (χ0n) is 14.7. The summed E-state index contributed by atoms with van der Waals surface area (Å²) in [6, 6.07) is 12.8. The smallest absolute Gasteiger partial charge is 0.236 e. The number of carbonyl (C=O) groups excluding carboxylic acids is 1. The highest BCUT2D eigenvalue weighted by molar-refractivity contribution is 5.85. The number of benzene rings is 2. The topological polar surface area (TPSA) is 41.6 Å². The minimum atomic E-state index is -1.26. The van der Waals surface area contributed by atoms with E-state index in [9.17, 15) is 13.6 Å². The maximum atomic E-state index is 14.3. The molecule has 0 spiro atoms. The van der Waals surface area contributed by atoms with E-state index < -0.39 is 6.17 Å². The van der Waals surface area contributed by atoms with Crippen LogP contribution in [0.2, 0.25) is 0 Å². The van der Waals surface area contributed by atoms with E-state index in [0.29, 0.717) is 16.9 Å². The van der Waals surface area contributed by atoms with Gasteiger partial charge in [-0.3, -0.25) is 4.79 Å². The van der Waals surface area contributed by atoms with Gasteiger partial charge < -0.3 is 15.0 Å². The minimum absolute atomic E-state index is 0. The van der Waals surface area contributed by atoms with Crippen molar-refractivity contribution < 1.29 is 18.3 Å². The molecule has 26 heavy (non-hydrogen) atoms. The fourth-order valence-electron chi connectivity index (χ4n) is 2.17. The number of halogens is 3. The molecule has 0 bridgehead atoms. The van der Waals surface area contributed by atoms with Gasteiger partial charge >= 0.3 is 0 Å². The van der Waals surface area contributed by atoms with Gasteiger partial charge in [0.15, 0.2) is 0 Å². The zero-order valence-corrected chi connectivity index (χ0v) is 15.6. The van der Waals surface area contributed by atoms with Gasteiger partial charge in [-0.05, 0) is 35.4 Å². The van der Waals surface area contributed by atoms with Gasteiger partial charge in [-0.1, -0.05) is 24.3 Å². The average Bonchev–Trinajstić information content (AvgIpc) is 2.60. The van der Waals surface area contributed by atoms with Gasteiger partial charge in [0.25, 0.3) is 0 Å². The number of likely N-dealkylation sites (N-methyl/N-ethyl adjacent to an activating group) is 1. The van der Waals surface area contributed by atoms with Gasteiger partial charge in [0.1, 0.15) is 24.3 Å². The van der Waals surface area contributed by atoms with Gasteiger partial charge in [0.05, 0.1) is 6.54 Å². The summed E-state index contributed by atoms with van der Waals surface area (Å²) >= 11 is 0. The Morgan fingerprint density at radius 3 is 2.62 bits per heavy atom. The van der Waals surface area contributed by atoms with E-state index in [0.717, 1.165) is 0 Å². The first kappa shape index (κ1) is 21.9. The van der Waals surface area contributed by atoms with Crippen LogP contribution < -0.4 is 10.1 Å². The number of rotatable bonds is 8. The summed E-state index contributed by atoms with van der Waals surface area (Å²) in [6.07, 6.45) is -1.26. The van der Waals surface area contributed by atoms with E-state index in [4.69, 9.17) is 4.74 Å². The van der Waals surface area contributed by atoms with Crippen molar-refractivity contribution in [3.63, 3.8) is 0 Å². The monoisotopic (exact) mass is 384 g/mol. The Morgan fingerprint density at radius 2 is 1.92 bits per heavy atom. The molecule has 2 rings (SSSR count). The first-order valence-electron chi connectivity index (χ1n) is 7.98. The maximum Gasteiger partial charge on any atom is 0.236 e. The Balaban J connectivity index is 0.00000338. The Labute approximate surface area is 158 Å². The van der Waals surface area contributed by atoms with Crippen molar-refractivity contribution in [1.29, 1.82) is 0 Å². The lowest BCUT2D eigenvalue weighted by molar-refractivity contribution is -0.127. The van der Waals surface area contributed by atoms with Crippen LogP contribution in [-0.4, -0.2) is 38.0 Å². The third-order valence-electron chi connectivity index (χ3n) is 3.61. The van der Waals surface area contributed by atoms with Crippen LogP contribution >= 0.6 is 12.4 Å². The first-order chi connectivity index (χ1) is 12.0. The lowest BCUT2D eigenvalue weighted by atomic mass is 10.1. The second kappa shape index (κ2) is 10.7. The third-order valence-corrected chi connectivity index (χ3v) is 3.61. The number of ether oxygens (including phenoxy) is 1. The molecular weight excluding hydrogens is 362 g/mol. The average molecular weight is 385 g/mol. The summed E-state index contributed by atoms with van der Waals surface area (Å²) in [5.41, 5.74) is 1.16. The molecule has 0 heterocycles. The molecule has 0 aliphatic rings. The number of alkyl halides is 1. The number of hydrogen-bond donors (Lipinski definition) is 1. The van der Waals surface area contributed by atoms with E-state index in [2.05, 4.69) is 5.32 Å². The lowest BCUT2D eigenvalue weighted by Gasteiger charge is -2.14. The predicted molar refractivity (Wildman–Crippen MR) is 99.8 cm³/mol. The van der Waals surface area contributed by atoms with Gasteiger partial charge in [-0.2, -0.15) is 0 Å². The summed E-state index contributed by atoms with van der Waals surface area (Å²) in [7, 11) is 3.30. The van der Waals surface area contributed by atoms with Crippen LogP contribution in [0.25, 0.3) is 0 Å². The fraction of sp³-hybridized carbons (Fsp3) is 0.316. The molecule has 0 aromatic heterocycles. The lowest BCUT2D eigenvalue weighted by Crippen LogP contribution is -2.34. The molecule has 0 fully saturated rings. The largest absolute Gasteiger partial charge is 0.489 e. The normalized spacial score (nSPS) is 11.4. The summed E-state index contributed by atoms with van der Waals surface area (Å²) in [5.74, 6) is 0.0742. The van der Waals surface area contributed by atoms with Crippen molar-refractivity contribution >= 4 is 18.3 Å². The zero-order chi connectivity index (χ0) is 18.2. The highest BCUT2D eigenvalue weighted by Gasteiger charge is 2.12. The Morgan fingerprint density at radius 1 is 1.19 bits per heavy atom. The quantitative estimate of drug-likeness (QED) is 0.757. The molecule has 0 radical (unpaired) electrons. The first-order valence-corrected chi connectivity index (χ1v) is 7.98. The van der Waals surface area contributed by atoms with Crippen LogP contribution in [0.3, 0.4) is 0 Å². The van der Waals surface area contributed by atoms with Crippen molar-refractivity contribution in [2.75, 3.05) is 27.2 Å². The molecule has 0 aliphatic heterocycles. The van der Waals surface area contributed by atoms with E-state index in [1.807, 2.05) is 0 Å². The molecule has 142 valence electrons. The van der Waals surface area contributed by atoms with E-state index >= 15 is 0 Å². The van der Waals surface area contributed by atoms with Gasteiger partial charge in [0, 0.05) is 20.6 Å². The highest BCUT2D eigenvalue weighted by atomic mass is 35.5. The Kier molecular flexibility index (Phi) is 9.02. The molecular formula is C19H23ClF2N2O2. The van der Waals surface area contributed by atoms with Gasteiger partial charge in [0.2, 0.25) is 5.91 Å². The summed E-state index contributed by atoms with van der Waals surface area (Å²) < 4.78 is 33.0. The van der Waals surface area contributed by atoms with Crippen molar-refractivity contribution in [2.45, 2.75) is 12.8 Å². The van der Waals surface area contributed by atoms with E-state index in [1.54, 1.807) is 50.5 Å². The Bertz CT molecular complexity index is 713. The maximum absolute atomic E-state index is 14.3. The van der Waals surface area contributed by atoms with Crippen LogP contribution in [0.4, 0.5) is 8.78 Å². The number of nitrogens with one attached hydrogen (secondary N) is 1. The minimum Gasteiger partial charge on any atom is -0.489 e. The van der Waals surface area contributed by atoms with Gasteiger partial charge in [-0.25, -0.2) is 8.78 Å². The standard InChI is InChI=1S/C19H22F2N2O2.ClH/c1-23(2)19(24)12-22-11-18(21)15-6-4-8-17(10-15)25-13-14-5-3-7-16(20)9-14;/h3-10,18,22H,11-13H2,1-2H3;1H. The van der Waals surface area contributed by atoms with Crippen molar-refractivity contribution in [3.8, 4) is 5.75 Å². The second-order valence-electron chi connectivity index (χ2n) is 5.88. The molecule has 7 heteroatoms. The van der Waals surface area contributed by atoms with E-state index in [-0.39, 0.29) is 43.8 Å². The summed E-state index contributed by atoms with van der Waals surface area (Å²) in [4.78, 5) is 12.9. The fourth-order valence-corrected chi connectivity index (χ4v) is 2.17. The number of nitrogens with zero attached hydrogens (tertiary/aromatic N) is 1. The third kappa shape index (κ3) is 6.98. The van der Waals surface area contributed by atoms with Crippen molar-refractivity contribution in [3.05, 3.63) is 65.5 Å². The van der Waals surface area contributed by atoms with Gasteiger partial charge in [-0.15, -0.1) is 12.4 Å². The molecule has 1 amide bonds. The summed E-state index contributed by atoms with van der Waals surface area (Å²) in [5, 5.41) is 2.80. The summed E-state index contributed by atoms with van der Waals surface area (Å²) in [6.45, 7) is 0.323. The number of amides is 1. The molecule has 1 atom stereocenters.